The number of ether oxygens (including phenoxy) is 1. The summed E-state index contributed by atoms with van der Waals surface area (Å²) >= 11 is 0. The average Bonchev–Trinajstić information content (AvgIpc) is 2.60. The van der Waals surface area contributed by atoms with Gasteiger partial charge in [0.15, 0.2) is 0 Å². The van der Waals surface area contributed by atoms with Gasteiger partial charge in [-0.3, -0.25) is 4.79 Å². The molecule has 2 rings (SSSR count). The van der Waals surface area contributed by atoms with E-state index in [1.165, 1.54) is 6.07 Å². The molecule has 0 radical (unpaired) electrons. The van der Waals surface area contributed by atoms with E-state index in [9.17, 15) is 9.18 Å². The lowest BCUT2D eigenvalue weighted by atomic mass is 9.80. The van der Waals surface area contributed by atoms with Crippen LogP contribution in [-0.2, 0) is 16.6 Å². The van der Waals surface area contributed by atoms with Crippen molar-refractivity contribution in [3.8, 4) is 5.75 Å². The smallest absolute Gasteiger partial charge is 0.304 e. The van der Waals surface area contributed by atoms with Crippen molar-refractivity contribution in [1.29, 1.82) is 0 Å². The van der Waals surface area contributed by atoms with E-state index in [4.69, 9.17) is 9.84 Å². The van der Waals surface area contributed by atoms with Crippen LogP contribution < -0.4 is 4.74 Å². The third kappa shape index (κ3) is 2.25. The van der Waals surface area contributed by atoms with Crippen molar-refractivity contribution in [2.75, 3.05) is 6.61 Å². The second-order valence-corrected chi connectivity index (χ2v) is 4.99. The Labute approximate surface area is 99.2 Å². The van der Waals surface area contributed by atoms with Crippen LogP contribution in [-0.4, -0.2) is 17.7 Å². The molecule has 0 fully saturated rings. The maximum atomic E-state index is 13.9. The average molecular weight is 238 g/mol. The normalized spacial score (nSPS) is 14.3. The largest absolute Gasteiger partial charge is 0.493 e. The van der Waals surface area contributed by atoms with E-state index in [0.29, 0.717) is 17.9 Å². The summed E-state index contributed by atoms with van der Waals surface area (Å²) in [4.78, 5) is 10.8. The van der Waals surface area contributed by atoms with E-state index in [1.807, 2.05) is 0 Å². The lowest BCUT2D eigenvalue weighted by Crippen LogP contribution is -2.23. The Bertz CT molecular complexity index is 466. The van der Waals surface area contributed by atoms with Gasteiger partial charge in [-0.1, -0.05) is 13.8 Å². The lowest BCUT2D eigenvalue weighted by molar-refractivity contribution is -0.138. The van der Waals surface area contributed by atoms with E-state index >= 15 is 0 Å². The monoisotopic (exact) mass is 238 g/mol. The Morgan fingerprint density at radius 3 is 2.88 bits per heavy atom. The van der Waals surface area contributed by atoms with Gasteiger partial charge in [0, 0.05) is 17.9 Å². The number of benzene rings is 1. The van der Waals surface area contributed by atoms with Crippen LogP contribution in [0.2, 0.25) is 0 Å². The van der Waals surface area contributed by atoms with Gasteiger partial charge in [-0.15, -0.1) is 0 Å². The summed E-state index contributed by atoms with van der Waals surface area (Å²) in [5.41, 5.74) is 0.692. The molecular weight excluding hydrogens is 223 g/mol. The minimum Gasteiger partial charge on any atom is -0.493 e. The summed E-state index contributed by atoms with van der Waals surface area (Å²) in [5, 5.41) is 8.85. The molecule has 1 aromatic carbocycles. The quantitative estimate of drug-likeness (QED) is 0.880. The Kier molecular flexibility index (Phi) is 2.81. The molecule has 1 aliphatic heterocycles. The standard InChI is InChI=1S/C13H15FO3/c1-13(2,7-12(15)16)9-5-8-3-4-17-11(8)6-10(9)14/h5-6H,3-4,7H2,1-2H3,(H,15,16). The highest BCUT2D eigenvalue weighted by Gasteiger charge is 2.29. The molecule has 17 heavy (non-hydrogen) atoms. The van der Waals surface area contributed by atoms with Gasteiger partial charge in [-0.05, 0) is 17.2 Å². The van der Waals surface area contributed by atoms with Gasteiger partial charge in [0.2, 0.25) is 0 Å². The first-order chi connectivity index (χ1) is 7.90. The molecule has 0 spiro atoms. The summed E-state index contributed by atoms with van der Waals surface area (Å²) < 4.78 is 19.2. The Balaban J connectivity index is 2.41. The molecule has 0 saturated carbocycles. The molecule has 1 N–H and O–H groups in total. The van der Waals surface area contributed by atoms with Gasteiger partial charge in [0.05, 0.1) is 13.0 Å². The van der Waals surface area contributed by atoms with Crippen molar-refractivity contribution in [3.05, 3.63) is 29.1 Å². The van der Waals surface area contributed by atoms with Crippen molar-refractivity contribution in [1.82, 2.24) is 0 Å². The molecule has 1 aromatic rings. The zero-order chi connectivity index (χ0) is 12.6. The van der Waals surface area contributed by atoms with Crippen LogP contribution in [0.4, 0.5) is 4.39 Å². The van der Waals surface area contributed by atoms with Crippen LogP contribution in [0, 0.1) is 5.82 Å². The van der Waals surface area contributed by atoms with Crippen LogP contribution in [0.3, 0.4) is 0 Å². The van der Waals surface area contributed by atoms with E-state index < -0.39 is 17.2 Å². The molecule has 1 heterocycles. The number of halogens is 1. The molecule has 4 heteroatoms. The molecule has 0 saturated heterocycles. The second-order valence-electron chi connectivity index (χ2n) is 4.99. The van der Waals surface area contributed by atoms with Crippen molar-refractivity contribution in [2.24, 2.45) is 0 Å². The van der Waals surface area contributed by atoms with Gasteiger partial charge in [-0.2, -0.15) is 0 Å². The zero-order valence-electron chi connectivity index (χ0n) is 9.92. The molecule has 0 bridgehead atoms. The van der Waals surface area contributed by atoms with Crippen molar-refractivity contribution >= 4 is 5.97 Å². The summed E-state index contributed by atoms with van der Waals surface area (Å²) in [7, 11) is 0. The maximum Gasteiger partial charge on any atom is 0.304 e. The minimum atomic E-state index is -0.925. The van der Waals surface area contributed by atoms with Crippen molar-refractivity contribution < 1.29 is 19.0 Å². The summed E-state index contributed by atoms with van der Waals surface area (Å²) in [6.07, 6.45) is 0.662. The first-order valence-electron chi connectivity index (χ1n) is 5.57. The van der Waals surface area contributed by atoms with Crippen LogP contribution in [0.1, 0.15) is 31.4 Å². The summed E-state index contributed by atoms with van der Waals surface area (Å²) in [6, 6.07) is 3.10. The number of rotatable bonds is 3. The Hall–Kier alpha value is -1.58. The fraction of sp³-hybridized carbons (Fsp3) is 0.462. The fourth-order valence-corrected chi connectivity index (χ4v) is 2.19. The topological polar surface area (TPSA) is 46.5 Å². The number of carboxylic acids is 1. The van der Waals surface area contributed by atoms with Crippen LogP contribution in [0.5, 0.6) is 5.75 Å². The van der Waals surface area contributed by atoms with E-state index in [-0.39, 0.29) is 6.42 Å². The van der Waals surface area contributed by atoms with Gasteiger partial charge in [0.1, 0.15) is 11.6 Å². The number of hydrogen-bond acceptors (Lipinski definition) is 2. The molecule has 0 unspecified atom stereocenters. The first kappa shape index (κ1) is 11.9. The fourth-order valence-electron chi connectivity index (χ4n) is 2.19. The SMILES string of the molecule is CC(C)(CC(=O)O)c1cc2c(cc1F)OCC2. The highest BCUT2D eigenvalue weighted by Crippen LogP contribution is 2.35. The summed E-state index contributed by atoms with van der Waals surface area (Å²) in [5.74, 6) is -0.736. The van der Waals surface area contributed by atoms with E-state index in [2.05, 4.69) is 0 Å². The van der Waals surface area contributed by atoms with E-state index in [1.54, 1.807) is 19.9 Å². The van der Waals surface area contributed by atoms with Crippen molar-refractivity contribution in [3.63, 3.8) is 0 Å². The van der Waals surface area contributed by atoms with Crippen LogP contribution in [0.15, 0.2) is 12.1 Å². The second kappa shape index (κ2) is 4.02. The molecular formula is C13H15FO3. The number of carboxylic acid groups (broad SMARTS) is 1. The highest BCUT2D eigenvalue weighted by molar-refractivity contribution is 5.69. The number of hydrogen-bond donors (Lipinski definition) is 1. The van der Waals surface area contributed by atoms with Crippen LogP contribution in [0.25, 0.3) is 0 Å². The molecule has 0 aliphatic carbocycles. The predicted octanol–water partition coefficient (Wildman–Crippen LogP) is 2.51. The molecule has 0 atom stereocenters. The lowest BCUT2D eigenvalue weighted by Gasteiger charge is -2.24. The molecule has 0 aromatic heterocycles. The first-order valence-corrected chi connectivity index (χ1v) is 5.57. The minimum absolute atomic E-state index is 0.0937. The maximum absolute atomic E-state index is 13.9. The van der Waals surface area contributed by atoms with Crippen LogP contribution >= 0.6 is 0 Å². The van der Waals surface area contributed by atoms with Gasteiger partial charge in [0.25, 0.3) is 0 Å². The van der Waals surface area contributed by atoms with Gasteiger partial charge < -0.3 is 9.84 Å². The highest BCUT2D eigenvalue weighted by atomic mass is 19.1. The number of aliphatic carboxylic acids is 1. The third-order valence-corrected chi connectivity index (χ3v) is 3.10. The van der Waals surface area contributed by atoms with E-state index in [0.717, 1.165) is 12.0 Å². The Morgan fingerprint density at radius 1 is 1.53 bits per heavy atom. The molecule has 92 valence electrons. The molecule has 3 nitrogen and oxygen atoms in total. The number of carbonyl (C=O) groups is 1. The van der Waals surface area contributed by atoms with Gasteiger partial charge >= 0.3 is 5.97 Å². The molecule has 1 aliphatic rings. The summed E-state index contributed by atoms with van der Waals surface area (Å²) in [6.45, 7) is 4.04. The Morgan fingerprint density at radius 2 is 2.24 bits per heavy atom. The number of fused-ring (bicyclic) bond motifs is 1. The third-order valence-electron chi connectivity index (χ3n) is 3.10. The predicted molar refractivity (Wildman–Crippen MR) is 60.9 cm³/mol. The van der Waals surface area contributed by atoms with Gasteiger partial charge in [-0.25, -0.2) is 4.39 Å². The van der Waals surface area contributed by atoms with Crippen molar-refractivity contribution in [2.45, 2.75) is 32.1 Å². The molecule has 0 amide bonds. The zero-order valence-corrected chi connectivity index (χ0v) is 9.92.